The average Bonchev–Trinajstić information content (AvgIpc) is 2.60. The highest BCUT2D eigenvalue weighted by atomic mass is 16.6. The lowest BCUT2D eigenvalue weighted by Gasteiger charge is -2.25. The van der Waals surface area contributed by atoms with Gasteiger partial charge in [0, 0.05) is 18.3 Å². The molecule has 0 aliphatic carbocycles. The topological polar surface area (TPSA) is 76.7 Å². The van der Waals surface area contributed by atoms with Gasteiger partial charge in [0.05, 0.1) is 0 Å². The minimum absolute atomic E-state index is 0.137. The van der Waals surface area contributed by atoms with Crippen molar-refractivity contribution in [2.45, 2.75) is 6.10 Å². The van der Waals surface area contributed by atoms with Crippen molar-refractivity contribution in [2.24, 2.45) is 0 Å². The van der Waals surface area contributed by atoms with E-state index in [1.54, 1.807) is 43.4 Å². The fourth-order valence-electron chi connectivity index (χ4n) is 2.25. The monoisotopic (exact) mass is 312 g/mol. The van der Waals surface area contributed by atoms with Crippen molar-refractivity contribution in [2.75, 3.05) is 19.0 Å². The molecule has 2 amide bonds. The Morgan fingerprint density at radius 2 is 1.87 bits per heavy atom. The Balaban J connectivity index is 1.69. The molecule has 1 atom stereocenters. The van der Waals surface area contributed by atoms with Crippen LogP contribution < -0.4 is 20.1 Å². The van der Waals surface area contributed by atoms with Crippen molar-refractivity contribution in [3.05, 3.63) is 54.1 Å². The number of anilines is 1. The number of para-hydroxylation sites is 2. The molecule has 118 valence electrons. The summed E-state index contributed by atoms with van der Waals surface area (Å²) in [5, 5.41) is 5.28. The van der Waals surface area contributed by atoms with Crippen LogP contribution in [-0.4, -0.2) is 31.6 Å². The van der Waals surface area contributed by atoms with Crippen LogP contribution in [0.2, 0.25) is 0 Å². The molecule has 0 saturated heterocycles. The quantitative estimate of drug-likeness (QED) is 0.906. The van der Waals surface area contributed by atoms with E-state index >= 15 is 0 Å². The van der Waals surface area contributed by atoms with Crippen LogP contribution >= 0.6 is 0 Å². The number of fused-ring (bicyclic) bond motifs is 1. The first-order chi connectivity index (χ1) is 11.2. The Bertz CT molecular complexity index is 745. The molecule has 2 aromatic carbocycles. The highest BCUT2D eigenvalue weighted by molar-refractivity contribution is 5.98. The summed E-state index contributed by atoms with van der Waals surface area (Å²) in [4.78, 5) is 23.9. The SMILES string of the molecule is CNC(=O)c1cccc(NC(=O)C2COc3ccccc3O2)c1. The lowest BCUT2D eigenvalue weighted by Crippen LogP contribution is -2.40. The largest absolute Gasteiger partial charge is 0.485 e. The lowest BCUT2D eigenvalue weighted by molar-refractivity contribution is -0.125. The molecule has 2 aromatic rings. The van der Waals surface area contributed by atoms with Crippen LogP contribution in [0, 0.1) is 0 Å². The fourth-order valence-corrected chi connectivity index (χ4v) is 2.25. The summed E-state index contributed by atoms with van der Waals surface area (Å²) in [7, 11) is 1.55. The maximum atomic E-state index is 12.3. The molecule has 3 rings (SSSR count). The van der Waals surface area contributed by atoms with Gasteiger partial charge in [-0.3, -0.25) is 9.59 Å². The van der Waals surface area contributed by atoms with E-state index in [-0.39, 0.29) is 18.4 Å². The highest BCUT2D eigenvalue weighted by Crippen LogP contribution is 2.31. The third kappa shape index (κ3) is 3.26. The molecule has 0 radical (unpaired) electrons. The Hall–Kier alpha value is -3.02. The predicted molar refractivity (Wildman–Crippen MR) is 84.8 cm³/mol. The first-order valence-corrected chi connectivity index (χ1v) is 7.19. The Labute approximate surface area is 133 Å². The number of carbonyl (C=O) groups excluding carboxylic acids is 2. The number of carbonyl (C=O) groups is 2. The van der Waals surface area contributed by atoms with Crippen LogP contribution in [0.4, 0.5) is 5.69 Å². The molecule has 1 heterocycles. The predicted octanol–water partition coefficient (Wildman–Crippen LogP) is 1.82. The number of nitrogens with one attached hydrogen (secondary N) is 2. The molecule has 1 unspecified atom stereocenters. The van der Waals surface area contributed by atoms with E-state index in [1.165, 1.54) is 0 Å². The molecular formula is C17H16N2O4. The molecule has 0 spiro atoms. The van der Waals surface area contributed by atoms with Gasteiger partial charge in [0.2, 0.25) is 6.10 Å². The molecule has 0 saturated carbocycles. The number of hydrogen-bond donors (Lipinski definition) is 2. The smallest absolute Gasteiger partial charge is 0.269 e. The van der Waals surface area contributed by atoms with Crippen molar-refractivity contribution >= 4 is 17.5 Å². The number of rotatable bonds is 3. The minimum atomic E-state index is -0.742. The zero-order chi connectivity index (χ0) is 16.2. The second-order valence-electron chi connectivity index (χ2n) is 5.01. The van der Waals surface area contributed by atoms with Crippen LogP contribution in [-0.2, 0) is 4.79 Å². The molecule has 6 nitrogen and oxygen atoms in total. The summed E-state index contributed by atoms with van der Waals surface area (Å²) in [6, 6.07) is 13.9. The normalized spacial score (nSPS) is 15.6. The van der Waals surface area contributed by atoms with Gasteiger partial charge in [-0.15, -0.1) is 0 Å². The number of amides is 2. The Kier molecular flexibility index (Phi) is 4.14. The Morgan fingerprint density at radius 1 is 1.09 bits per heavy atom. The van der Waals surface area contributed by atoms with Gasteiger partial charge >= 0.3 is 0 Å². The Morgan fingerprint density at radius 3 is 2.65 bits per heavy atom. The fraction of sp³-hybridized carbons (Fsp3) is 0.176. The van der Waals surface area contributed by atoms with E-state index in [2.05, 4.69) is 10.6 Å². The molecule has 1 aliphatic heterocycles. The molecule has 0 aromatic heterocycles. The van der Waals surface area contributed by atoms with E-state index in [1.807, 2.05) is 12.1 Å². The van der Waals surface area contributed by atoms with Gasteiger partial charge in [-0.05, 0) is 30.3 Å². The average molecular weight is 312 g/mol. The molecule has 1 aliphatic rings. The van der Waals surface area contributed by atoms with Gasteiger partial charge < -0.3 is 20.1 Å². The van der Waals surface area contributed by atoms with Gasteiger partial charge in [-0.2, -0.15) is 0 Å². The summed E-state index contributed by atoms with van der Waals surface area (Å²) in [6.07, 6.45) is -0.742. The van der Waals surface area contributed by atoms with Gasteiger partial charge in [-0.1, -0.05) is 18.2 Å². The number of ether oxygens (including phenoxy) is 2. The number of benzene rings is 2. The second-order valence-corrected chi connectivity index (χ2v) is 5.01. The van der Waals surface area contributed by atoms with Crippen molar-refractivity contribution in [3.63, 3.8) is 0 Å². The molecule has 2 N–H and O–H groups in total. The maximum absolute atomic E-state index is 12.3. The van der Waals surface area contributed by atoms with Crippen LogP contribution in [0.3, 0.4) is 0 Å². The summed E-state index contributed by atoms with van der Waals surface area (Å²) in [6.45, 7) is 0.137. The minimum Gasteiger partial charge on any atom is -0.485 e. The second kappa shape index (κ2) is 6.39. The van der Waals surface area contributed by atoms with E-state index in [0.29, 0.717) is 22.7 Å². The summed E-state index contributed by atoms with van der Waals surface area (Å²) in [5.41, 5.74) is 0.995. The first kappa shape index (κ1) is 14.9. The summed E-state index contributed by atoms with van der Waals surface area (Å²) in [5.74, 6) is 0.622. The standard InChI is InChI=1S/C17H16N2O4/c1-18-16(20)11-5-4-6-12(9-11)19-17(21)15-10-22-13-7-2-3-8-14(13)23-15/h2-9,15H,10H2,1H3,(H,18,20)(H,19,21). The van der Waals surface area contributed by atoms with Crippen LogP contribution in [0.1, 0.15) is 10.4 Å². The molecule has 23 heavy (non-hydrogen) atoms. The lowest BCUT2D eigenvalue weighted by atomic mass is 10.2. The third-order valence-electron chi connectivity index (χ3n) is 3.42. The maximum Gasteiger partial charge on any atom is 0.269 e. The van der Waals surface area contributed by atoms with Crippen molar-refractivity contribution < 1.29 is 19.1 Å². The van der Waals surface area contributed by atoms with E-state index in [9.17, 15) is 9.59 Å². The van der Waals surface area contributed by atoms with Crippen LogP contribution in [0.5, 0.6) is 11.5 Å². The zero-order valence-corrected chi connectivity index (χ0v) is 12.5. The first-order valence-electron chi connectivity index (χ1n) is 7.19. The molecule has 0 bridgehead atoms. The summed E-state index contributed by atoms with van der Waals surface area (Å²) >= 11 is 0. The zero-order valence-electron chi connectivity index (χ0n) is 12.5. The molecular weight excluding hydrogens is 296 g/mol. The van der Waals surface area contributed by atoms with Crippen molar-refractivity contribution in [3.8, 4) is 11.5 Å². The van der Waals surface area contributed by atoms with E-state index in [4.69, 9.17) is 9.47 Å². The van der Waals surface area contributed by atoms with Gasteiger partial charge in [-0.25, -0.2) is 0 Å². The van der Waals surface area contributed by atoms with E-state index in [0.717, 1.165) is 0 Å². The van der Waals surface area contributed by atoms with Crippen LogP contribution in [0.25, 0.3) is 0 Å². The van der Waals surface area contributed by atoms with E-state index < -0.39 is 6.10 Å². The van der Waals surface area contributed by atoms with Crippen LogP contribution in [0.15, 0.2) is 48.5 Å². The molecule has 6 heteroatoms. The summed E-state index contributed by atoms with van der Waals surface area (Å²) < 4.78 is 11.2. The highest BCUT2D eigenvalue weighted by Gasteiger charge is 2.27. The number of hydrogen-bond acceptors (Lipinski definition) is 4. The van der Waals surface area contributed by atoms with Gasteiger partial charge in [0.1, 0.15) is 6.61 Å². The van der Waals surface area contributed by atoms with Gasteiger partial charge in [0.15, 0.2) is 11.5 Å². The molecule has 0 fully saturated rings. The van der Waals surface area contributed by atoms with Crippen molar-refractivity contribution in [1.29, 1.82) is 0 Å². The van der Waals surface area contributed by atoms with Crippen molar-refractivity contribution in [1.82, 2.24) is 5.32 Å². The van der Waals surface area contributed by atoms with Gasteiger partial charge in [0.25, 0.3) is 11.8 Å². The third-order valence-corrected chi connectivity index (χ3v) is 3.42.